The van der Waals surface area contributed by atoms with E-state index in [-0.39, 0.29) is 11.9 Å². The van der Waals surface area contributed by atoms with Crippen molar-refractivity contribution in [3.63, 3.8) is 0 Å². The summed E-state index contributed by atoms with van der Waals surface area (Å²) in [6.07, 6.45) is 12.2. The number of allylic oxidation sites excluding steroid dienone is 1. The predicted octanol–water partition coefficient (Wildman–Crippen LogP) is 9.52. The van der Waals surface area contributed by atoms with Gasteiger partial charge in [-0.25, -0.2) is 4.39 Å². The van der Waals surface area contributed by atoms with E-state index in [2.05, 4.69) is 52.2 Å². The van der Waals surface area contributed by atoms with Gasteiger partial charge < -0.3 is 24.5 Å². The van der Waals surface area contributed by atoms with E-state index in [9.17, 15) is 9.18 Å². The lowest BCUT2D eigenvalue weighted by molar-refractivity contribution is -0.109. The number of hydrogen-bond acceptors (Lipinski definition) is 6. The van der Waals surface area contributed by atoms with Crippen molar-refractivity contribution in [2.45, 2.75) is 97.8 Å². The molecule has 0 aliphatic carbocycles. The number of benzene rings is 1. The minimum Gasteiger partial charge on any atom is -0.382 e. The summed E-state index contributed by atoms with van der Waals surface area (Å²) in [4.78, 5) is 20.3. The lowest BCUT2D eigenvalue weighted by Crippen LogP contribution is -2.24. The monoisotopic (exact) mass is 616 g/mol. The molecule has 1 aliphatic rings. The molecule has 238 valence electrons. The van der Waals surface area contributed by atoms with Crippen LogP contribution in [0.5, 0.6) is 0 Å². The number of thioether (sulfide) groups is 1. The molecule has 8 heteroatoms. The van der Waals surface area contributed by atoms with Crippen molar-refractivity contribution >= 4 is 42.1 Å². The van der Waals surface area contributed by atoms with Crippen LogP contribution in [-0.4, -0.2) is 51.7 Å². The number of nitrogens with one attached hydrogen (secondary N) is 1. The largest absolute Gasteiger partial charge is 0.382 e. The Kier molecular flexibility index (Phi) is 38.2. The Bertz CT molecular complexity index is 786. The summed E-state index contributed by atoms with van der Waals surface area (Å²) < 4.78 is 19.4. The van der Waals surface area contributed by atoms with Crippen molar-refractivity contribution in [1.29, 1.82) is 0 Å². The van der Waals surface area contributed by atoms with Gasteiger partial charge in [0.05, 0.1) is 16.1 Å². The smallest absolute Gasteiger partial charge is 0.146 e. The quantitative estimate of drug-likeness (QED) is 0.152. The van der Waals surface area contributed by atoms with Gasteiger partial charge in [0.15, 0.2) is 0 Å². The highest BCUT2D eigenvalue weighted by Gasteiger charge is 2.12. The Balaban J connectivity index is -0.000000240. The van der Waals surface area contributed by atoms with E-state index in [1.165, 1.54) is 0 Å². The van der Waals surface area contributed by atoms with Crippen molar-refractivity contribution in [3.05, 3.63) is 65.5 Å². The summed E-state index contributed by atoms with van der Waals surface area (Å²) >= 11 is 7.59. The molecular weight excluding hydrogens is 559 g/mol. The SMILES string of the molecule is C=C.C=O.CC.CC(C)c1ccc(N(C)C)c(F)c1.CCC(C=O)N/C=C/C1CCC=C(Cl)S1.CCCOCCC. The summed E-state index contributed by atoms with van der Waals surface area (Å²) in [5.41, 5.74) is 1.69. The first-order valence-corrected chi connectivity index (χ1v) is 15.7. The van der Waals surface area contributed by atoms with E-state index in [1.54, 1.807) is 22.7 Å². The molecule has 0 bridgehead atoms. The second-order valence-corrected chi connectivity index (χ2v) is 10.7. The van der Waals surface area contributed by atoms with Gasteiger partial charge in [-0.2, -0.15) is 0 Å². The minimum atomic E-state index is -0.142. The summed E-state index contributed by atoms with van der Waals surface area (Å²) in [5, 5.41) is 3.49. The number of carbonyl (C=O) groups excluding carboxylic acids is 2. The lowest BCUT2D eigenvalue weighted by Gasteiger charge is -2.15. The molecule has 2 atom stereocenters. The summed E-state index contributed by atoms with van der Waals surface area (Å²) in [7, 11) is 3.68. The van der Waals surface area contributed by atoms with Crippen LogP contribution in [0.25, 0.3) is 0 Å². The normalized spacial score (nSPS) is 14.0. The van der Waals surface area contributed by atoms with Crippen molar-refractivity contribution < 1.29 is 18.7 Å². The fraction of sp³-hybridized carbons (Fsp3) is 0.576. The first-order chi connectivity index (χ1) is 19.7. The number of ether oxygens (including phenoxy) is 1. The van der Waals surface area contributed by atoms with Crippen molar-refractivity contribution in [3.8, 4) is 0 Å². The molecule has 41 heavy (non-hydrogen) atoms. The molecule has 0 fully saturated rings. The maximum Gasteiger partial charge on any atom is 0.146 e. The van der Waals surface area contributed by atoms with Crippen LogP contribution < -0.4 is 10.2 Å². The van der Waals surface area contributed by atoms with Crippen LogP contribution in [0.2, 0.25) is 0 Å². The van der Waals surface area contributed by atoms with Crippen LogP contribution in [0.15, 0.2) is 54.1 Å². The van der Waals surface area contributed by atoms with E-state index < -0.39 is 0 Å². The van der Waals surface area contributed by atoms with Crippen molar-refractivity contribution in [2.24, 2.45) is 0 Å². The minimum absolute atomic E-state index is 0.0687. The standard InChI is InChI=1S/C11H16ClNOS.C11H16FN.C6H14O.C2H6.C2H4.CH2O/c1-2-9(8-14)13-7-6-10-4-3-5-11(12)15-10;1-8(2)9-5-6-11(13(3)4)10(12)7-9;1-3-5-7-6-4-2;3*1-2/h5-10,13H,2-4H2,1H3;5-8H,1-4H3;3-6H2,1-2H3;1-2H3;1-2H2;1H2/b7-6+;;;;;. The summed E-state index contributed by atoms with van der Waals surface area (Å²) in [6, 6.07) is 5.34. The number of carbonyl (C=O) groups is 2. The van der Waals surface area contributed by atoms with Gasteiger partial charge in [-0.1, -0.05) is 78.3 Å². The highest BCUT2D eigenvalue weighted by molar-refractivity contribution is 8.05. The van der Waals surface area contributed by atoms with E-state index >= 15 is 0 Å². The number of nitrogens with zero attached hydrogens (tertiary/aromatic N) is 1. The Morgan fingerprint density at radius 3 is 2.10 bits per heavy atom. The molecule has 0 saturated carbocycles. The molecule has 1 heterocycles. The van der Waals surface area contributed by atoms with Gasteiger partial charge in [0.25, 0.3) is 0 Å². The Morgan fingerprint density at radius 2 is 1.71 bits per heavy atom. The van der Waals surface area contributed by atoms with Gasteiger partial charge in [-0.05, 0) is 61.9 Å². The first kappa shape index (κ1) is 45.9. The van der Waals surface area contributed by atoms with Crippen molar-refractivity contribution in [1.82, 2.24) is 5.32 Å². The molecule has 1 N–H and O–H groups in total. The van der Waals surface area contributed by atoms with Crippen LogP contribution in [0.3, 0.4) is 0 Å². The lowest BCUT2D eigenvalue weighted by atomic mass is 10.0. The Hall–Kier alpha value is -2.09. The van der Waals surface area contributed by atoms with Gasteiger partial charge >= 0.3 is 0 Å². The third-order valence-corrected chi connectivity index (χ3v) is 6.57. The number of hydrogen-bond donors (Lipinski definition) is 1. The molecule has 0 spiro atoms. The zero-order valence-electron chi connectivity index (χ0n) is 27.2. The third-order valence-electron chi connectivity index (χ3n) is 5.06. The molecule has 0 radical (unpaired) electrons. The Morgan fingerprint density at radius 1 is 1.15 bits per heavy atom. The van der Waals surface area contributed by atoms with E-state index in [1.807, 2.05) is 66.1 Å². The highest BCUT2D eigenvalue weighted by Crippen LogP contribution is 2.33. The predicted molar refractivity (Wildman–Crippen MR) is 183 cm³/mol. The van der Waals surface area contributed by atoms with Crippen LogP contribution >= 0.6 is 23.4 Å². The molecule has 5 nitrogen and oxygen atoms in total. The molecule has 0 aromatic heterocycles. The van der Waals surface area contributed by atoms with E-state index in [0.717, 1.165) is 61.5 Å². The molecule has 1 aliphatic heterocycles. The first-order valence-electron chi connectivity index (χ1n) is 14.4. The van der Waals surface area contributed by atoms with Crippen LogP contribution in [0, 0.1) is 5.82 Å². The fourth-order valence-corrected chi connectivity index (χ4v) is 4.29. The van der Waals surface area contributed by atoms with Gasteiger partial charge in [0.1, 0.15) is 18.9 Å². The molecule has 0 saturated heterocycles. The summed E-state index contributed by atoms with van der Waals surface area (Å²) in [6.45, 7) is 24.2. The molecule has 1 aromatic rings. The zero-order chi connectivity index (χ0) is 32.6. The molecule has 1 aromatic carbocycles. The topological polar surface area (TPSA) is 58.6 Å². The van der Waals surface area contributed by atoms with Crippen molar-refractivity contribution in [2.75, 3.05) is 32.2 Å². The van der Waals surface area contributed by atoms with E-state index in [0.29, 0.717) is 16.9 Å². The molecule has 2 rings (SSSR count). The second kappa shape index (κ2) is 34.1. The van der Waals surface area contributed by atoms with Gasteiger partial charge in [0, 0.05) is 32.6 Å². The maximum atomic E-state index is 13.4. The van der Waals surface area contributed by atoms with Crippen LogP contribution in [-0.2, 0) is 14.3 Å². The molecule has 2 unspecified atom stereocenters. The number of halogens is 2. The molecule has 0 amide bonds. The van der Waals surface area contributed by atoms with Crippen LogP contribution in [0.4, 0.5) is 10.1 Å². The second-order valence-electron chi connectivity index (χ2n) is 8.79. The highest BCUT2D eigenvalue weighted by atomic mass is 35.5. The van der Waals surface area contributed by atoms with Gasteiger partial charge in [-0.3, -0.25) is 0 Å². The van der Waals surface area contributed by atoms with Crippen LogP contribution in [0.1, 0.15) is 92.1 Å². The number of anilines is 1. The summed E-state index contributed by atoms with van der Waals surface area (Å²) in [5.74, 6) is 0.238. The molecular formula is C33H58ClFN2O3S. The maximum absolute atomic E-state index is 13.4. The average Bonchev–Trinajstić information content (AvgIpc) is 2.99. The Labute approximate surface area is 261 Å². The van der Waals surface area contributed by atoms with Gasteiger partial charge in [-0.15, -0.1) is 24.9 Å². The average molecular weight is 617 g/mol. The fourth-order valence-electron chi connectivity index (χ4n) is 2.92. The number of rotatable bonds is 11. The number of aldehydes is 1. The zero-order valence-corrected chi connectivity index (χ0v) is 28.8. The third kappa shape index (κ3) is 26.6. The van der Waals surface area contributed by atoms with Gasteiger partial charge in [0.2, 0.25) is 0 Å². The van der Waals surface area contributed by atoms with E-state index in [4.69, 9.17) is 21.1 Å².